The molecule has 0 saturated heterocycles. The lowest BCUT2D eigenvalue weighted by Crippen LogP contribution is -2.50. The van der Waals surface area contributed by atoms with E-state index in [2.05, 4.69) is 21.2 Å². The molecule has 1 N–H and O–H groups in total. The maximum Gasteiger partial charge on any atom is 0.261 e. The summed E-state index contributed by atoms with van der Waals surface area (Å²) in [6.07, 6.45) is 0.789. The molecule has 7 heteroatoms. The molecule has 0 bridgehead atoms. The Kier molecular flexibility index (Phi) is 8.64. The maximum absolute atomic E-state index is 13.2. The predicted octanol–water partition coefficient (Wildman–Crippen LogP) is 4.30. The molecule has 2 aromatic carbocycles. The third kappa shape index (κ3) is 7.16. The topological polar surface area (TPSA) is 58.6 Å². The zero-order valence-electron chi connectivity index (χ0n) is 16.8. The van der Waals surface area contributed by atoms with Gasteiger partial charge >= 0.3 is 0 Å². The van der Waals surface area contributed by atoms with Crippen LogP contribution >= 0.6 is 15.9 Å². The van der Waals surface area contributed by atoms with Gasteiger partial charge in [-0.15, -0.1) is 0 Å². The highest BCUT2D eigenvalue weighted by Gasteiger charge is 2.27. The molecule has 0 aliphatic heterocycles. The Balaban J connectivity index is 2.13. The van der Waals surface area contributed by atoms with E-state index in [9.17, 15) is 14.0 Å². The van der Waals surface area contributed by atoms with E-state index in [1.807, 2.05) is 26.0 Å². The number of carbonyl (C=O) groups excluding carboxylic acids is 2. The zero-order chi connectivity index (χ0) is 21.4. The quantitative estimate of drug-likeness (QED) is 0.601. The van der Waals surface area contributed by atoms with Crippen molar-refractivity contribution in [3.63, 3.8) is 0 Å². The third-order valence-corrected chi connectivity index (χ3v) is 5.14. The molecule has 29 heavy (non-hydrogen) atoms. The van der Waals surface area contributed by atoms with Gasteiger partial charge in [0.1, 0.15) is 17.6 Å². The van der Waals surface area contributed by atoms with Gasteiger partial charge in [-0.05, 0) is 62.2 Å². The molecule has 2 rings (SSSR count). The normalized spacial score (nSPS) is 12.7. The van der Waals surface area contributed by atoms with Crippen molar-refractivity contribution in [3.05, 3.63) is 64.4 Å². The Hall–Kier alpha value is -2.41. The summed E-state index contributed by atoms with van der Waals surface area (Å²) in [5, 5.41) is 2.90. The third-order valence-electron chi connectivity index (χ3n) is 4.61. The molecule has 0 radical (unpaired) electrons. The number of rotatable bonds is 9. The highest BCUT2D eigenvalue weighted by molar-refractivity contribution is 9.10. The van der Waals surface area contributed by atoms with Crippen molar-refractivity contribution >= 4 is 27.7 Å². The monoisotopic (exact) mass is 464 g/mol. The molecule has 0 fully saturated rings. The number of nitrogens with zero attached hydrogens (tertiary/aromatic N) is 1. The first-order valence-corrected chi connectivity index (χ1v) is 10.3. The second-order valence-corrected chi connectivity index (χ2v) is 7.80. The highest BCUT2D eigenvalue weighted by atomic mass is 79.9. The lowest BCUT2D eigenvalue weighted by Gasteiger charge is -2.29. The molecule has 2 aromatic rings. The molecule has 2 amide bonds. The van der Waals surface area contributed by atoms with Crippen LogP contribution in [0, 0.1) is 5.82 Å². The van der Waals surface area contributed by atoms with E-state index < -0.39 is 6.04 Å². The van der Waals surface area contributed by atoms with Gasteiger partial charge < -0.3 is 15.0 Å². The summed E-state index contributed by atoms with van der Waals surface area (Å²) in [6.45, 7) is 5.54. The molecule has 0 unspecified atom stereocenters. The van der Waals surface area contributed by atoms with E-state index in [0.717, 1.165) is 16.5 Å². The van der Waals surface area contributed by atoms with Gasteiger partial charge in [0.15, 0.2) is 6.61 Å². The fourth-order valence-corrected chi connectivity index (χ4v) is 2.86. The maximum atomic E-state index is 13.2. The molecular weight excluding hydrogens is 439 g/mol. The largest absolute Gasteiger partial charge is 0.484 e. The van der Waals surface area contributed by atoms with Gasteiger partial charge in [-0.1, -0.05) is 35.0 Å². The van der Waals surface area contributed by atoms with Crippen LogP contribution in [0.4, 0.5) is 4.39 Å². The fraction of sp³-hybridized carbons (Fsp3) is 0.364. The summed E-state index contributed by atoms with van der Waals surface area (Å²) in [7, 11) is 0. The van der Waals surface area contributed by atoms with Crippen LogP contribution in [0.5, 0.6) is 5.75 Å². The Bertz CT molecular complexity index is 812. The minimum absolute atomic E-state index is 0.00624. The highest BCUT2D eigenvalue weighted by Crippen LogP contribution is 2.17. The number of hydrogen-bond donors (Lipinski definition) is 1. The van der Waals surface area contributed by atoms with Gasteiger partial charge in [-0.25, -0.2) is 4.39 Å². The molecule has 0 aliphatic carbocycles. The average molecular weight is 465 g/mol. The minimum Gasteiger partial charge on any atom is -0.484 e. The van der Waals surface area contributed by atoms with Crippen molar-refractivity contribution in [2.24, 2.45) is 0 Å². The molecule has 0 aliphatic rings. The standard InChI is InChI=1S/C22H26BrFN2O3/c1-4-15(2)25-22(28)16(3)26(13-17-5-9-19(24)10-6-17)21(27)14-29-20-11-7-18(23)8-12-20/h5-12,15-16H,4,13-14H2,1-3H3,(H,25,28)/t15-,16-/m0/s1. The van der Waals surface area contributed by atoms with Crippen molar-refractivity contribution in [1.82, 2.24) is 10.2 Å². The van der Waals surface area contributed by atoms with Crippen LogP contribution in [-0.4, -0.2) is 35.4 Å². The van der Waals surface area contributed by atoms with Gasteiger partial charge in [-0.3, -0.25) is 9.59 Å². The van der Waals surface area contributed by atoms with E-state index in [0.29, 0.717) is 5.75 Å². The van der Waals surface area contributed by atoms with Crippen LogP contribution in [0.1, 0.15) is 32.8 Å². The van der Waals surface area contributed by atoms with Crippen LogP contribution in [0.15, 0.2) is 53.0 Å². The van der Waals surface area contributed by atoms with Gasteiger partial charge in [-0.2, -0.15) is 0 Å². The van der Waals surface area contributed by atoms with E-state index >= 15 is 0 Å². The molecule has 0 saturated carbocycles. The lowest BCUT2D eigenvalue weighted by atomic mass is 10.1. The fourth-order valence-electron chi connectivity index (χ4n) is 2.59. The average Bonchev–Trinajstić information content (AvgIpc) is 2.72. The number of carbonyl (C=O) groups is 2. The lowest BCUT2D eigenvalue weighted by molar-refractivity contribution is -0.142. The van der Waals surface area contributed by atoms with E-state index in [1.54, 1.807) is 31.2 Å². The first kappa shape index (κ1) is 22.9. The summed E-state index contributed by atoms with van der Waals surface area (Å²) in [6, 6.07) is 12.3. The Morgan fingerprint density at radius 2 is 1.72 bits per heavy atom. The van der Waals surface area contributed by atoms with Crippen LogP contribution < -0.4 is 10.1 Å². The Morgan fingerprint density at radius 3 is 2.31 bits per heavy atom. The molecule has 0 aromatic heterocycles. The van der Waals surface area contributed by atoms with Crippen molar-refractivity contribution < 1.29 is 18.7 Å². The van der Waals surface area contributed by atoms with Gasteiger partial charge in [0.05, 0.1) is 0 Å². The first-order valence-electron chi connectivity index (χ1n) is 9.52. The summed E-state index contributed by atoms with van der Waals surface area (Å²) >= 11 is 3.35. The van der Waals surface area contributed by atoms with Crippen molar-refractivity contribution in [2.75, 3.05) is 6.61 Å². The first-order chi connectivity index (χ1) is 13.8. The number of hydrogen-bond acceptors (Lipinski definition) is 3. The van der Waals surface area contributed by atoms with Crippen LogP contribution in [0.25, 0.3) is 0 Å². The van der Waals surface area contributed by atoms with Crippen LogP contribution in [0.3, 0.4) is 0 Å². The van der Waals surface area contributed by atoms with Crippen molar-refractivity contribution in [2.45, 2.75) is 45.8 Å². The smallest absolute Gasteiger partial charge is 0.261 e. The van der Waals surface area contributed by atoms with E-state index in [-0.39, 0.29) is 36.8 Å². The van der Waals surface area contributed by atoms with Crippen molar-refractivity contribution in [1.29, 1.82) is 0 Å². The summed E-state index contributed by atoms with van der Waals surface area (Å²) in [5.41, 5.74) is 0.728. The Labute approximate surface area is 179 Å². The summed E-state index contributed by atoms with van der Waals surface area (Å²) < 4.78 is 19.7. The SMILES string of the molecule is CC[C@H](C)NC(=O)[C@H](C)N(Cc1ccc(F)cc1)C(=O)COc1ccc(Br)cc1. The van der Waals surface area contributed by atoms with E-state index in [4.69, 9.17) is 4.74 Å². The molecule has 156 valence electrons. The van der Waals surface area contributed by atoms with Gasteiger partial charge in [0.25, 0.3) is 5.91 Å². The number of benzene rings is 2. The van der Waals surface area contributed by atoms with Gasteiger partial charge in [0.2, 0.25) is 5.91 Å². The number of nitrogens with one attached hydrogen (secondary N) is 1. The molecule has 0 spiro atoms. The Morgan fingerprint density at radius 1 is 1.10 bits per heavy atom. The molecular formula is C22H26BrFN2O3. The summed E-state index contributed by atoms with van der Waals surface area (Å²) in [4.78, 5) is 26.9. The summed E-state index contributed by atoms with van der Waals surface area (Å²) in [5.74, 6) is -0.366. The molecule has 2 atom stereocenters. The second kappa shape index (κ2) is 11.0. The predicted molar refractivity (Wildman–Crippen MR) is 114 cm³/mol. The number of amides is 2. The second-order valence-electron chi connectivity index (χ2n) is 6.88. The van der Waals surface area contributed by atoms with E-state index in [1.165, 1.54) is 17.0 Å². The van der Waals surface area contributed by atoms with Crippen molar-refractivity contribution in [3.8, 4) is 5.75 Å². The van der Waals surface area contributed by atoms with Crippen LogP contribution in [0.2, 0.25) is 0 Å². The molecule has 0 heterocycles. The zero-order valence-corrected chi connectivity index (χ0v) is 18.4. The molecule has 5 nitrogen and oxygen atoms in total. The number of halogens is 2. The number of ether oxygens (including phenoxy) is 1. The van der Waals surface area contributed by atoms with Gasteiger partial charge in [0, 0.05) is 17.1 Å². The van der Waals surface area contributed by atoms with Crippen LogP contribution in [-0.2, 0) is 16.1 Å². The minimum atomic E-state index is -0.699.